The molecule has 0 aromatic carbocycles. The first kappa shape index (κ1) is 12.1. The number of aromatic nitrogens is 1. The van der Waals surface area contributed by atoms with Crippen molar-refractivity contribution in [3.63, 3.8) is 0 Å². The molecule has 3 heteroatoms. The van der Waals surface area contributed by atoms with Gasteiger partial charge in [0.2, 0.25) is 0 Å². The SMILES string of the molecule is CCNCC1(CCc2scnc2C)CCC1. The van der Waals surface area contributed by atoms with Crippen LogP contribution in [0.4, 0.5) is 0 Å². The van der Waals surface area contributed by atoms with Gasteiger partial charge in [-0.15, -0.1) is 11.3 Å². The summed E-state index contributed by atoms with van der Waals surface area (Å²) in [5.41, 5.74) is 3.82. The average molecular weight is 238 g/mol. The minimum atomic E-state index is 0.604. The summed E-state index contributed by atoms with van der Waals surface area (Å²) >= 11 is 1.82. The maximum absolute atomic E-state index is 4.33. The Morgan fingerprint density at radius 3 is 2.81 bits per heavy atom. The molecule has 0 radical (unpaired) electrons. The van der Waals surface area contributed by atoms with Crippen LogP contribution in [-0.4, -0.2) is 18.1 Å². The van der Waals surface area contributed by atoms with Crippen LogP contribution in [-0.2, 0) is 6.42 Å². The van der Waals surface area contributed by atoms with Crippen LogP contribution in [0.15, 0.2) is 5.51 Å². The first-order chi connectivity index (χ1) is 7.76. The van der Waals surface area contributed by atoms with Crippen LogP contribution in [0.1, 0.15) is 43.2 Å². The molecule has 0 aliphatic heterocycles. The molecule has 0 amide bonds. The quantitative estimate of drug-likeness (QED) is 0.823. The Labute approximate surface area is 102 Å². The minimum absolute atomic E-state index is 0.604. The minimum Gasteiger partial charge on any atom is -0.316 e. The summed E-state index contributed by atoms with van der Waals surface area (Å²) in [7, 11) is 0. The van der Waals surface area contributed by atoms with Crippen molar-refractivity contribution < 1.29 is 0 Å². The average Bonchev–Trinajstić information content (AvgIpc) is 2.62. The molecular formula is C13H22N2S. The largest absolute Gasteiger partial charge is 0.316 e. The van der Waals surface area contributed by atoms with Gasteiger partial charge in [-0.05, 0) is 44.6 Å². The van der Waals surface area contributed by atoms with E-state index in [-0.39, 0.29) is 0 Å². The maximum Gasteiger partial charge on any atom is 0.0797 e. The van der Waals surface area contributed by atoms with Crippen molar-refractivity contribution in [2.75, 3.05) is 13.1 Å². The molecule has 90 valence electrons. The normalized spacial score (nSPS) is 18.4. The maximum atomic E-state index is 4.33. The number of nitrogens with one attached hydrogen (secondary N) is 1. The summed E-state index contributed by atoms with van der Waals surface area (Å²) in [6.07, 6.45) is 6.81. The van der Waals surface area contributed by atoms with Crippen molar-refractivity contribution in [3.05, 3.63) is 16.1 Å². The summed E-state index contributed by atoms with van der Waals surface area (Å²) in [5, 5.41) is 3.52. The van der Waals surface area contributed by atoms with Crippen LogP contribution >= 0.6 is 11.3 Å². The van der Waals surface area contributed by atoms with Gasteiger partial charge in [-0.25, -0.2) is 4.98 Å². The molecule has 1 fully saturated rings. The van der Waals surface area contributed by atoms with E-state index in [0.717, 1.165) is 6.54 Å². The molecule has 0 spiro atoms. The number of nitrogens with zero attached hydrogens (tertiary/aromatic N) is 1. The van der Waals surface area contributed by atoms with Crippen molar-refractivity contribution in [3.8, 4) is 0 Å². The van der Waals surface area contributed by atoms with Gasteiger partial charge in [-0.1, -0.05) is 13.3 Å². The fourth-order valence-corrected chi connectivity index (χ4v) is 3.31. The molecule has 16 heavy (non-hydrogen) atoms. The van der Waals surface area contributed by atoms with Gasteiger partial charge >= 0.3 is 0 Å². The highest BCUT2D eigenvalue weighted by molar-refractivity contribution is 7.09. The second kappa shape index (κ2) is 5.28. The van der Waals surface area contributed by atoms with Crippen molar-refractivity contribution in [1.29, 1.82) is 0 Å². The Morgan fingerprint density at radius 2 is 2.31 bits per heavy atom. The number of aryl methyl sites for hydroxylation is 2. The highest BCUT2D eigenvalue weighted by Gasteiger charge is 2.35. The van der Waals surface area contributed by atoms with Crippen LogP contribution < -0.4 is 5.32 Å². The van der Waals surface area contributed by atoms with Gasteiger partial charge in [-0.2, -0.15) is 0 Å². The van der Waals surface area contributed by atoms with Gasteiger partial charge < -0.3 is 5.32 Å². The van der Waals surface area contributed by atoms with Gasteiger partial charge in [-0.3, -0.25) is 0 Å². The fraction of sp³-hybridized carbons (Fsp3) is 0.769. The van der Waals surface area contributed by atoms with Crippen LogP contribution in [0.25, 0.3) is 0 Å². The van der Waals surface area contributed by atoms with Gasteiger partial charge in [0.1, 0.15) is 0 Å². The molecule has 0 unspecified atom stereocenters. The molecule has 2 nitrogen and oxygen atoms in total. The number of rotatable bonds is 6. The van der Waals surface area contributed by atoms with Gasteiger partial charge in [0, 0.05) is 11.4 Å². The van der Waals surface area contributed by atoms with Gasteiger partial charge in [0.15, 0.2) is 0 Å². The summed E-state index contributed by atoms with van der Waals surface area (Å²) in [6.45, 7) is 6.63. The topological polar surface area (TPSA) is 24.9 Å². The Balaban J connectivity index is 1.85. The van der Waals surface area contributed by atoms with Crippen molar-refractivity contribution >= 4 is 11.3 Å². The van der Waals surface area contributed by atoms with E-state index in [1.54, 1.807) is 0 Å². The second-order valence-electron chi connectivity index (χ2n) is 4.99. The van der Waals surface area contributed by atoms with Crippen molar-refractivity contribution in [2.45, 2.75) is 46.0 Å². The molecule has 1 aromatic rings. The van der Waals surface area contributed by atoms with E-state index in [0.29, 0.717) is 5.41 Å². The third kappa shape index (κ3) is 2.64. The summed E-state index contributed by atoms with van der Waals surface area (Å²) in [4.78, 5) is 5.81. The van der Waals surface area contributed by atoms with E-state index in [1.807, 2.05) is 16.8 Å². The highest BCUT2D eigenvalue weighted by Crippen LogP contribution is 2.44. The third-order valence-corrected chi connectivity index (χ3v) is 4.89. The number of thiazole rings is 1. The third-order valence-electron chi connectivity index (χ3n) is 3.89. The highest BCUT2D eigenvalue weighted by atomic mass is 32.1. The zero-order chi connectivity index (χ0) is 11.4. The smallest absolute Gasteiger partial charge is 0.0797 e. The Morgan fingerprint density at radius 1 is 1.50 bits per heavy atom. The van der Waals surface area contributed by atoms with E-state index in [2.05, 4.69) is 24.1 Å². The van der Waals surface area contributed by atoms with Gasteiger partial charge in [0.05, 0.1) is 11.2 Å². The summed E-state index contributed by atoms with van der Waals surface area (Å²) in [5.74, 6) is 0. The van der Waals surface area contributed by atoms with Crippen molar-refractivity contribution in [2.24, 2.45) is 5.41 Å². The summed E-state index contributed by atoms with van der Waals surface area (Å²) < 4.78 is 0. The molecule has 1 aliphatic carbocycles. The van der Waals surface area contributed by atoms with Crippen LogP contribution in [0.2, 0.25) is 0 Å². The second-order valence-corrected chi connectivity index (χ2v) is 5.93. The Kier molecular flexibility index (Phi) is 3.98. The molecule has 1 aliphatic rings. The van der Waals surface area contributed by atoms with E-state index >= 15 is 0 Å². The number of hydrogen-bond acceptors (Lipinski definition) is 3. The lowest BCUT2D eigenvalue weighted by atomic mass is 9.66. The predicted molar refractivity (Wildman–Crippen MR) is 70.0 cm³/mol. The lowest BCUT2D eigenvalue weighted by Gasteiger charge is -2.42. The molecule has 2 rings (SSSR count). The lowest BCUT2D eigenvalue weighted by molar-refractivity contribution is 0.118. The molecule has 1 aromatic heterocycles. The Hall–Kier alpha value is -0.410. The van der Waals surface area contributed by atoms with E-state index < -0.39 is 0 Å². The predicted octanol–water partition coefficient (Wildman–Crippen LogP) is 3.16. The monoisotopic (exact) mass is 238 g/mol. The van der Waals surface area contributed by atoms with Crippen molar-refractivity contribution in [1.82, 2.24) is 10.3 Å². The Bertz CT molecular complexity index is 328. The van der Waals surface area contributed by atoms with Crippen LogP contribution in [0, 0.1) is 12.3 Å². The standard InChI is InChI=1S/C13H22N2S/c1-3-14-9-13(6-4-7-13)8-5-12-11(2)15-10-16-12/h10,14H,3-9H2,1-2H3. The fourth-order valence-electron chi connectivity index (χ4n) is 2.53. The molecule has 0 atom stereocenters. The molecule has 0 bridgehead atoms. The van der Waals surface area contributed by atoms with Crippen LogP contribution in [0.3, 0.4) is 0 Å². The lowest BCUT2D eigenvalue weighted by Crippen LogP contribution is -2.40. The van der Waals surface area contributed by atoms with E-state index in [1.165, 1.54) is 49.2 Å². The van der Waals surface area contributed by atoms with Gasteiger partial charge in [0.25, 0.3) is 0 Å². The summed E-state index contributed by atoms with van der Waals surface area (Å²) in [6, 6.07) is 0. The van der Waals surface area contributed by atoms with E-state index in [9.17, 15) is 0 Å². The van der Waals surface area contributed by atoms with E-state index in [4.69, 9.17) is 0 Å². The molecular weight excluding hydrogens is 216 g/mol. The molecule has 0 saturated heterocycles. The molecule has 1 saturated carbocycles. The first-order valence-corrected chi connectivity index (χ1v) is 7.23. The first-order valence-electron chi connectivity index (χ1n) is 6.35. The molecule has 1 N–H and O–H groups in total. The van der Waals surface area contributed by atoms with Crippen LogP contribution in [0.5, 0.6) is 0 Å². The zero-order valence-electron chi connectivity index (χ0n) is 10.4. The zero-order valence-corrected chi connectivity index (χ0v) is 11.2. The number of hydrogen-bond donors (Lipinski definition) is 1. The molecule has 1 heterocycles.